The second-order valence-corrected chi connectivity index (χ2v) is 9.91. The minimum Gasteiger partial charge on any atom is -0.379 e. The lowest BCUT2D eigenvalue weighted by Gasteiger charge is -2.26. The first-order chi connectivity index (χ1) is 14.9. The molecule has 8 heteroatoms. The van der Waals surface area contributed by atoms with Crippen LogP contribution in [0.5, 0.6) is 0 Å². The Bertz CT molecular complexity index is 1030. The number of carbonyl (C=O) groups is 1. The van der Waals surface area contributed by atoms with Gasteiger partial charge in [-0.3, -0.25) is 14.0 Å². The standard InChI is InChI=1S/C23H29N3O4S/c1-18-3-6-21(7-4-18)31(28,29)26-12-9-19-17-20(5-8-22(19)26)23(27)24-10-2-11-25-13-15-30-16-14-25/h3-8,17H,2,9-16H2,1H3,(H,24,27). The van der Waals surface area contributed by atoms with E-state index in [1.807, 2.05) is 13.0 Å². The molecular weight excluding hydrogens is 414 g/mol. The second kappa shape index (κ2) is 9.38. The third kappa shape index (κ3) is 4.92. The number of morpholine rings is 1. The summed E-state index contributed by atoms with van der Waals surface area (Å²) in [6.45, 7) is 7.31. The number of carbonyl (C=O) groups excluding carboxylic acids is 1. The summed E-state index contributed by atoms with van der Waals surface area (Å²) in [4.78, 5) is 15.2. The number of amides is 1. The maximum atomic E-state index is 13.1. The lowest BCUT2D eigenvalue weighted by Crippen LogP contribution is -2.38. The molecule has 1 amide bonds. The molecule has 2 aliphatic heterocycles. The van der Waals surface area contributed by atoms with E-state index in [1.165, 1.54) is 4.31 Å². The van der Waals surface area contributed by atoms with E-state index in [0.717, 1.165) is 50.4 Å². The fraction of sp³-hybridized carbons (Fsp3) is 0.435. The Balaban J connectivity index is 1.37. The number of hydrogen-bond donors (Lipinski definition) is 1. The monoisotopic (exact) mass is 443 g/mol. The largest absolute Gasteiger partial charge is 0.379 e. The summed E-state index contributed by atoms with van der Waals surface area (Å²) in [5.74, 6) is -0.121. The molecule has 7 nitrogen and oxygen atoms in total. The van der Waals surface area contributed by atoms with Gasteiger partial charge in [0.2, 0.25) is 0 Å². The molecule has 0 spiro atoms. The molecule has 0 aliphatic carbocycles. The molecule has 1 N–H and O–H groups in total. The lowest BCUT2D eigenvalue weighted by atomic mass is 10.1. The zero-order chi connectivity index (χ0) is 21.8. The maximum Gasteiger partial charge on any atom is 0.264 e. The summed E-state index contributed by atoms with van der Waals surface area (Å²) >= 11 is 0. The highest BCUT2D eigenvalue weighted by Crippen LogP contribution is 2.33. The number of nitrogens with zero attached hydrogens (tertiary/aromatic N) is 2. The molecule has 0 aromatic heterocycles. The van der Waals surface area contributed by atoms with Gasteiger partial charge in [-0.15, -0.1) is 0 Å². The van der Waals surface area contributed by atoms with Gasteiger partial charge in [0, 0.05) is 31.7 Å². The van der Waals surface area contributed by atoms with E-state index >= 15 is 0 Å². The van der Waals surface area contributed by atoms with E-state index in [4.69, 9.17) is 4.74 Å². The van der Waals surface area contributed by atoms with Crippen LogP contribution in [-0.4, -0.2) is 65.2 Å². The number of rotatable bonds is 7. The first-order valence-electron chi connectivity index (χ1n) is 10.8. The summed E-state index contributed by atoms with van der Waals surface area (Å²) < 4.78 is 32.9. The highest BCUT2D eigenvalue weighted by atomic mass is 32.2. The van der Waals surface area contributed by atoms with Gasteiger partial charge < -0.3 is 10.1 Å². The molecule has 0 radical (unpaired) electrons. The first-order valence-corrected chi connectivity index (χ1v) is 12.2. The Morgan fingerprint density at radius 2 is 1.81 bits per heavy atom. The molecule has 1 saturated heterocycles. The van der Waals surface area contributed by atoms with E-state index < -0.39 is 10.0 Å². The van der Waals surface area contributed by atoms with E-state index in [9.17, 15) is 13.2 Å². The molecule has 31 heavy (non-hydrogen) atoms. The van der Waals surface area contributed by atoms with Crippen LogP contribution >= 0.6 is 0 Å². The molecule has 0 bridgehead atoms. The number of benzene rings is 2. The van der Waals surface area contributed by atoms with Crippen molar-refractivity contribution in [1.82, 2.24) is 10.2 Å². The molecule has 4 rings (SSSR count). The van der Waals surface area contributed by atoms with Gasteiger partial charge in [-0.2, -0.15) is 0 Å². The average molecular weight is 444 g/mol. The van der Waals surface area contributed by atoms with E-state index in [0.29, 0.717) is 30.8 Å². The smallest absolute Gasteiger partial charge is 0.264 e. The van der Waals surface area contributed by atoms with Crippen LogP contribution in [-0.2, 0) is 21.2 Å². The summed E-state index contributed by atoms with van der Waals surface area (Å²) in [6, 6.07) is 12.2. The summed E-state index contributed by atoms with van der Waals surface area (Å²) in [6.07, 6.45) is 1.48. The van der Waals surface area contributed by atoms with Crippen LogP contribution in [0.1, 0.15) is 27.9 Å². The van der Waals surface area contributed by atoms with Crippen molar-refractivity contribution in [1.29, 1.82) is 0 Å². The summed E-state index contributed by atoms with van der Waals surface area (Å²) in [5, 5.41) is 2.97. The summed E-state index contributed by atoms with van der Waals surface area (Å²) in [5.41, 5.74) is 3.13. The van der Waals surface area contributed by atoms with Crippen LogP contribution in [0.3, 0.4) is 0 Å². The van der Waals surface area contributed by atoms with Gasteiger partial charge in [0.25, 0.3) is 15.9 Å². The predicted octanol–water partition coefficient (Wildman–Crippen LogP) is 2.20. The molecule has 166 valence electrons. The number of ether oxygens (including phenoxy) is 1. The van der Waals surface area contributed by atoms with Crippen molar-refractivity contribution in [3.63, 3.8) is 0 Å². The second-order valence-electron chi connectivity index (χ2n) is 8.05. The van der Waals surface area contributed by atoms with Crippen LogP contribution < -0.4 is 9.62 Å². The van der Waals surface area contributed by atoms with Crippen molar-refractivity contribution < 1.29 is 17.9 Å². The van der Waals surface area contributed by atoms with Crippen LogP contribution in [0.15, 0.2) is 47.4 Å². The van der Waals surface area contributed by atoms with Crippen molar-refractivity contribution in [2.75, 3.05) is 50.2 Å². The first kappa shape index (κ1) is 21.8. The van der Waals surface area contributed by atoms with E-state index in [2.05, 4.69) is 10.2 Å². The van der Waals surface area contributed by atoms with E-state index in [1.54, 1.807) is 36.4 Å². The van der Waals surface area contributed by atoms with Crippen molar-refractivity contribution in [2.24, 2.45) is 0 Å². The van der Waals surface area contributed by atoms with Crippen LogP contribution in [0.4, 0.5) is 5.69 Å². The number of nitrogens with one attached hydrogen (secondary N) is 1. The normalized spacial score (nSPS) is 16.9. The Hall–Kier alpha value is -2.42. The van der Waals surface area contributed by atoms with Crippen LogP contribution in [0.25, 0.3) is 0 Å². The lowest BCUT2D eigenvalue weighted by molar-refractivity contribution is 0.0374. The van der Waals surface area contributed by atoms with Crippen LogP contribution in [0.2, 0.25) is 0 Å². The third-order valence-corrected chi connectivity index (χ3v) is 7.67. The number of hydrogen-bond acceptors (Lipinski definition) is 5. The number of sulfonamides is 1. The van der Waals surface area contributed by atoms with Crippen molar-refractivity contribution in [3.8, 4) is 0 Å². The van der Waals surface area contributed by atoms with Gasteiger partial charge in [-0.05, 0) is 62.2 Å². The Labute approximate surface area is 184 Å². The zero-order valence-corrected chi connectivity index (χ0v) is 18.7. The Morgan fingerprint density at radius 3 is 2.55 bits per heavy atom. The van der Waals surface area contributed by atoms with Gasteiger partial charge in [0.05, 0.1) is 23.8 Å². The minimum absolute atomic E-state index is 0.121. The Kier molecular flexibility index (Phi) is 6.60. The molecule has 2 aromatic carbocycles. The highest BCUT2D eigenvalue weighted by molar-refractivity contribution is 7.92. The number of fused-ring (bicyclic) bond motifs is 1. The maximum absolute atomic E-state index is 13.1. The number of aryl methyl sites for hydroxylation is 1. The van der Waals surface area contributed by atoms with E-state index in [-0.39, 0.29) is 10.8 Å². The zero-order valence-electron chi connectivity index (χ0n) is 17.8. The SMILES string of the molecule is Cc1ccc(S(=O)(=O)N2CCc3cc(C(=O)NCCCN4CCOCC4)ccc32)cc1. The Morgan fingerprint density at radius 1 is 1.06 bits per heavy atom. The molecule has 0 unspecified atom stereocenters. The fourth-order valence-corrected chi connectivity index (χ4v) is 5.53. The molecule has 2 aliphatic rings. The molecular formula is C23H29N3O4S. The summed E-state index contributed by atoms with van der Waals surface area (Å²) in [7, 11) is -3.61. The van der Waals surface area contributed by atoms with Gasteiger partial charge in [-0.1, -0.05) is 17.7 Å². The van der Waals surface area contributed by atoms with Gasteiger partial charge >= 0.3 is 0 Å². The molecule has 1 fully saturated rings. The minimum atomic E-state index is -3.61. The molecule has 0 atom stereocenters. The number of anilines is 1. The van der Waals surface area contributed by atoms with Crippen LogP contribution in [0, 0.1) is 6.92 Å². The fourth-order valence-electron chi connectivity index (χ4n) is 4.03. The third-order valence-electron chi connectivity index (χ3n) is 5.84. The van der Waals surface area contributed by atoms with Gasteiger partial charge in [0.15, 0.2) is 0 Å². The van der Waals surface area contributed by atoms with Gasteiger partial charge in [0.1, 0.15) is 0 Å². The molecule has 2 aromatic rings. The highest BCUT2D eigenvalue weighted by Gasteiger charge is 2.31. The van der Waals surface area contributed by atoms with Crippen molar-refractivity contribution in [3.05, 3.63) is 59.2 Å². The predicted molar refractivity (Wildman–Crippen MR) is 120 cm³/mol. The van der Waals surface area contributed by atoms with Crippen molar-refractivity contribution in [2.45, 2.75) is 24.7 Å². The van der Waals surface area contributed by atoms with Gasteiger partial charge in [-0.25, -0.2) is 8.42 Å². The average Bonchev–Trinajstić information content (AvgIpc) is 3.22. The molecule has 0 saturated carbocycles. The topological polar surface area (TPSA) is 79.0 Å². The quantitative estimate of drug-likeness (QED) is 0.664. The van der Waals surface area contributed by atoms with Crippen molar-refractivity contribution >= 4 is 21.6 Å². The molecule has 2 heterocycles.